The zero-order valence-electron chi connectivity index (χ0n) is 9.51. The van der Waals surface area contributed by atoms with E-state index in [1.807, 2.05) is 4.72 Å². The molecule has 106 valence electrons. The number of sulfonamides is 1. The van der Waals surface area contributed by atoms with E-state index < -0.39 is 28.6 Å². The highest BCUT2D eigenvalue weighted by Gasteiger charge is 2.26. The van der Waals surface area contributed by atoms with E-state index in [0.717, 1.165) is 6.07 Å². The van der Waals surface area contributed by atoms with Gasteiger partial charge in [0.1, 0.15) is 10.9 Å². The minimum atomic E-state index is -4.14. The Bertz CT molecular complexity index is 575. The standard InChI is InChI=1S/C10H11Cl2NO5S/c11-6-1-2-7(12)9(5-6)19(17,18)13-8(3-4-14)10(15)16/h1-2,5,8,13-14H,3-4H2,(H,15,16). The maximum Gasteiger partial charge on any atom is 0.321 e. The molecule has 0 aliphatic heterocycles. The first-order chi connectivity index (χ1) is 8.77. The Kier molecular flexibility index (Phi) is 5.57. The Morgan fingerprint density at radius 1 is 1.37 bits per heavy atom. The molecule has 0 fully saturated rings. The number of hydrogen-bond donors (Lipinski definition) is 3. The van der Waals surface area contributed by atoms with Gasteiger partial charge in [-0.2, -0.15) is 4.72 Å². The van der Waals surface area contributed by atoms with E-state index in [0.29, 0.717) is 0 Å². The fourth-order valence-electron chi connectivity index (χ4n) is 1.30. The van der Waals surface area contributed by atoms with Crippen molar-refractivity contribution in [3.63, 3.8) is 0 Å². The molecule has 3 N–H and O–H groups in total. The number of carboxylic acid groups (broad SMARTS) is 1. The van der Waals surface area contributed by atoms with Crippen LogP contribution in [0.15, 0.2) is 23.1 Å². The van der Waals surface area contributed by atoms with Crippen molar-refractivity contribution in [3.8, 4) is 0 Å². The summed E-state index contributed by atoms with van der Waals surface area (Å²) in [7, 11) is -4.14. The van der Waals surface area contributed by atoms with E-state index in [2.05, 4.69) is 0 Å². The lowest BCUT2D eigenvalue weighted by atomic mass is 10.2. The van der Waals surface area contributed by atoms with Crippen molar-refractivity contribution >= 4 is 39.2 Å². The molecule has 0 spiro atoms. The summed E-state index contributed by atoms with van der Waals surface area (Å²) in [5, 5.41) is 17.6. The van der Waals surface area contributed by atoms with Crippen LogP contribution in [0.3, 0.4) is 0 Å². The van der Waals surface area contributed by atoms with E-state index in [-0.39, 0.29) is 21.4 Å². The Balaban J connectivity index is 3.10. The molecule has 1 aromatic rings. The Morgan fingerprint density at radius 3 is 2.53 bits per heavy atom. The van der Waals surface area contributed by atoms with Crippen LogP contribution in [0.5, 0.6) is 0 Å². The zero-order valence-corrected chi connectivity index (χ0v) is 11.8. The summed E-state index contributed by atoms with van der Waals surface area (Å²) >= 11 is 11.4. The van der Waals surface area contributed by atoms with Crippen molar-refractivity contribution in [2.24, 2.45) is 0 Å². The quantitative estimate of drug-likeness (QED) is 0.726. The van der Waals surface area contributed by atoms with Crippen LogP contribution in [0.2, 0.25) is 10.0 Å². The molecule has 0 saturated carbocycles. The maximum absolute atomic E-state index is 12.0. The molecular formula is C10H11Cl2NO5S. The number of rotatable bonds is 6. The summed E-state index contributed by atoms with van der Waals surface area (Å²) < 4.78 is 25.9. The van der Waals surface area contributed by atoms with Gasteiger partial charge in [-0.05, 0) is 24.6 Å². The van der Waals surface area contributed by atoms with Crippen molar-refractivity contribution in [3.05, 3.63) is 28.2 Å². The number of aliphatic hydroxyl groups excluding tert-OH is 1. The lowest BCUT2D eigenvalue weighted by molar-refractivity contribution is -0.139. The number of aliphatic carboxylic acids is 1. The highest BCUT2D eigenvalue weighted by atomic mass is 35.5. The largest absolute Gasteiger partial charge is 0.480 e. The van der Waals surface area contributed by atoms with Gasteiger partial charge < -0.3 is 10.2 Å². The zero-order chi connectivity index (χ0) is 14.6. The first-order valence-corrected chi connectivity index (χ1v) is 7.33. The van der Waals surface area contributed by atoms with E-state index in [9.17, 15) is 13.2 Å². The van der Waals surface area contributed by atoms with Crippen LogP contribution in [0, 0.1) is 0 Å². The second-order valence-corrected chi connectivity index (χ2v) is 6.13. The van der Waals surface area contributed by atoms with Crippen LogP contribution in [0.1, 0.15) is 6.42 Å². The molecule has 1 atom stereocenters. The predicted octanol–water partition coefficient (Wildman–Crippen LogP) is 1.11. The lowest BCUT2D eigenvalue weighted by Gasteiger charge is -2.14. The van der Waals surface area contributed by atoms with Crippen molar-refractivity contribution < 1.29 is 23.4 Å². The van der Waals surface area contributed by atoms with Crippen molar-refractivity contribution in [2.75, 3.05) is 6.61 Å². The second kappa shape index (κ2) is 6.53. The van der Waals surface area contributed by atoms with Crippen molar-refractivity contribution in [1.29, 1.82) is 0 Å². The summed E-state index contributed by atoms with van der Waals surface area (Å²) in [6.45, 7) is -0.469. The lowest BCUT2D eigenvalue weighted by Crippen LogP contribution is -2.41. The maximum atomic E-state index is 12.0. The highest BCUT2D eigenvalue weighted by molar-refractivity contribution is 7.89. The molecule has 0 amide bonds. The Morgan fingerprint density at radius 2 is 2.00 bits per heavy atom. The molecule has 1 aromatic carbocycles. The number of carbonyl (C=O) groups is 1. The summed E-state index contributed by atoms with van der Waals surface area (Å²) in [5.74, 6) is -1.39. The number of benzene rings is 1. The molecule has 0 bridgehead atoms. The molecule has 0 aromatic heterocycles. The van der Waals surface area contributed by atoms with Gasteiger partial charge >= 0.3 is 5.97 Å². The molecule has 9 heteroatoms. The average molecular weight is 328 g/mol. The molecule has 0 radical (unpaired) electrons. The minimum absolute atomic E-state index is 0.0787. The van der Waals surface area contributed by atoms with E-state index in [1.165, 1.54) is 12.1 Å². The van der Waals surface area contributed by atoms with Gasteiger partial charge in [-0.3, -0.25) is 4.79 Å². The number of hydrogen-bond acceptors (Lipinski definition) is 4. The van der Waals surface area contributed by atoms with Crippen molar-refractivity contribution in [1.82, 2.24) is 4.72 Å². The van der Waals surface area contributed by atoms with E-state index in [4.69, 9.17) is 33.4 Å². The third-order valence-corrected chi connectivity index (χ3v) is 4.38. The van der Waals surface area contributed by atoms with Crippen molar-refractivity contribution in [2.45, 2.75) is 17.4 Å². The molecular weight excluding hydrogens is 317 g/mol. The summed E-state index contributed by atoms with van der Waals surface area (Å²) in [5.41, 5.74) is 0. The normalized spacial score (nSPS) is 13.2. The third-order valence-electron chi connectivity index (χ3n) is 2.20. The van der Waals surface area contributed by atoms with Gasteiger partial charge in [0, 0.05) is 11.6 Å². The number of aliphatic hydroxyl groups is 1. The minimum Gasteiger partial charge on any atom is -0.480 e. The Labute approximate surface area is 120 Å². The van der Waals surface area contributed by atoms with E-state index >= 15 is 0 Å². The topological polar surface area (TPSA) is 104 Å². The fourth-order valence-corrected chi connectivity index (χ4v) is 3.28. The van der Waals surface area contributed by atoms with Crippen LogP contribution < -0.4 is 4.72 Å². The van der Waals surface area contributed by atoms with Crippen LogP contribution in [0.4, 0.5) is 0 Å². The van der Waals surface area contributed by atoms with Gasteiger partial charge in [0.25, 0.3) is 0 Å². The molecule has 0 aliphatic rings. The third kappa shape index (κ3) is 4.32. The van der Waals surface area contributed by atoms with Crippen LogP contribution >= 0.6 is 23.2 Å². The van der Waals surface area contributed by atoms with Gasteiger partial charge in [0.05, 0.1) is 5.02 Å². The van der Waals surface area contributed by atoms with Crippen LogP contribution in [0.25, 0.3) is 0 Å². The summed E-state index contributed by atoms with van der Waals surface area (Å²) in [6.07, 6.45) is -0.257. The SMILES string of the molecule is O=C(O)C(CCO)NS(=O)(=O)c1cc(Cl)ccc1Cl. The summed E-state index contributed by atoms with van der Waals surface area (Å²) in [6, 6.07) is 2.38. The Hall–Kier alpha value is -0.860. The first kappa shape index (κ1) is 16.2. The number of nitrogens with one attached hydrogen (secondary N) is 1. The van der Waals surface area contributed by atoms with Gasteiger partial charge in [0.2, 0.25) is 10.0 Å². The molecule has 0 aliphatic carbocycles. The number of carboxylic acids is 1. The molecule has 1 rings (SSSR count). The molecule has 1 unspecified atom stereocenters. The number of halogens is 2. The fraction of sp³-hybridized carbons (Fsp3) is 0.300. The molecule has 6 nitrogen and oxygen atoms in total. The second-order valence-electron chi connectivity index (χ2n) is 3.60. The highest BCUT2D eigenvalue weighted by Crippen LogP contribution is 2.25. The average Bonchev–Trinajstić information content (AvgIpc) is 2.31. The van der Waals surface area contributed by atoms with Gasteiger partial charge in [-0.1, -0.05) is 23.2 Å². The first-order valence-electron chi connectivity index (χ1n) is 5.09. The summed E-state index contributed by atoms with van der Waals surface area (Å²) in [4.78, 5) is 10.5. The van der Waals surface area contributed by atoms with Gasteiger partial charge in [0.15, 0.2) is 0 Å². The monoisotopic (exact) mass is 327 g/mol. The predicted molar refractivity (Wildman–Crippen MR) is 69.9 cm³/mol. The van der Waals surface area contributed by atoms with E-state index in [1.54, 1.807) is 0 Å². The molecule has 0 heterocycles. The van der Waals surface area contributed by atoms with Crippen LogP contribution in [-0.4, -0.2) is 37.2 Å². The van der Waals surface area contributed by atoms with Gasteiger partial charge in [-0.15, -0.1) is 0 Å². The van der Waals surface area contributed by atoms with Crippen LogP contribution in [-0.2, 0) is 14.8 Å². The van der Waals surface area contributed by atoms with Gasteiger partial charge in [-0.25, -0.2) is 8.42 Å². The smallest absolute Gasteiger partial charge is 0.321 e. The molecule has 0 saturated heterocycles. The molecule has 19 heavy (non-hydrogen) atoms.